The molecule has 0 fully saturated rings. The van der Waals surface area contributed by atoms with Gasteiger partial charge in [0.25, 0.3) is 0 Å². The zero-order valence-electron chi connectivity index (χ0n) is 11.2. The largest absolute Gasteiger partial charge is 0.317 e. The van der Waals surface area contributed by atoms with Crippen molar-refractivity contribution in [3.63, 3.8) is 0 Å². The van der Waals surface area contributed by atoms with Crippen LogP contribution in [0.15, 0.2) is 0 Å². The van der Waals surface area contributed by atoms with Gasteiger partial charge in [0.05, 0.1) is 0 Å². The van der Waals surface area contributed by atoms with Crippen LogP contribution >= 0.6 is 0 Å². The molecule has 0 aromatic carbocycles. The Balaban J connectivity index is 3.09. The lowest BCUT2D eigenvalue weighted by Gasteiger charge is -2.02. The molecule has 0 heterocycles. The van der Waals surface area contributed by atoms with Crippen LogP contribution in [-0.2, 0) is 4.79 Å². The van der Waals surface area contributed by atoms with Crippen LogP contribution in [0.4, 0.5) is 0 Å². The van der Waals surface area contributed by atoms with Gasteiger partial charge in [-0.05, 0) is 13.0 Å². The fourth-order valence-corrected chi connectivity index (χ4v) is 1.81. The molecule has 0 aliphatic carbocycles. The summed E-state index contributed by atoms with van der Waals surface area (Å²) in [6, 6.07) is 0. The van der Waals surface area contributed by atoms with Crippen LogP contribution in [-0.4, -0.2) is 18.9 Å². The molecule has 0 spiro atoms. The fraction of sp³-hybridized carbons (Fsp3) is 0.929. The lowest BCUT2D eigenvalue weighted by molar-refractivity contribution is -0.119. The molecule has 0 saturated heterocycles. The predicted octanol–water partition coefficient (Wildman–Crippen LogP) is 3.70. The minimum Gasteiger partial charge on any atom is -0.317 e. The molecule has 96 valence electrons. The summed E-state index contributed by atoms with van der Waals surface area (Å²) >= 11 is 0. The third-order valence-corrected chi connectivity index (χ3v) is 2.89. The average molecular weight is 227 g/mol. The highest BCUT2D eigenvalue weighted by atomic mass is 16.1. The van der Waals surface area contributed by atoms with E-state index in [1.807, 2.05) is 0 Å². The minimum atomic E-state index is 0.425. The maximum atomic E-state index is 11.4. The van der Waals surface area contributed by atoms with Gasteiger partial charge in [0.1, 0.15) is 5.78 Å². The fourth-order valence-electron chi connectivity index (χ4n) is 1.81. The molecular formula is C14H29NO. The number of ketones is 1. The molecule has 0 aliphatic rings. The Hall–Kier alpha value is -0.370. The SMILES string of the molecule is CCCCCCCCCC(=O)CCNCC. The summed E-state index contributed by atoms with van der Waals surface area (Å²) in [6.07, 6.45) is 10.5. The Morgan fingerprint density at radius 2 is 1.50 bits per heavy atom. The van der Waals surface area contributed by atoms with Crippen LogP contribution in [0.5, 0.6) is 0 Å². The van der Waals surface area contributed by atoms with E-state index in [1.54, 1.807) is 0 Å². The molecular weight excluding hydrogens is 198 g/mol. The van der Waals surface area contributed by atoms with E-state index in [2.05, 4.69) is 19.2 Å². The zero-order valence-corrected chi connectivity index (χ0v) is 11.2. The summed E-state index contributed by atoms with van der Waals surface area (Å²) in [5, 5.41) is 3.18. The molecule has 0 aromatic rings. The number of rotatable bonds is 12. The predicted molar refractivity (Wildman–Crippen MR) is 70.8 cm³/mol. The molecule has 0 saturated carbocycles. The second-order valence-electron chi connectivity index (χ2n) is 4.51. The van der Waals surface area contributed by atoms with Crippen molar-refractivity contribution < 1.29 is 4.79 Å². The number of Topliss-reactive ketones (excluding diaryl/α,β-unsaturated/α-hetero) is 1. The van der Waals surface area contributed by atoms with Gasteiger partial charge >= 0.3 is 0 Å². The third-order valence-electron chi connectivity index (χ3n) is 2.89. The summed E-state index contributed by atoms with van der Waals surface area (Å²) in [4.78, 5) is 11.4. The van der Waals surface area contributed by atoms with Crippen LogP contribution in [0, 0.1) is 0 Å². The minimum absolute atomic E-state index is 0.425. The maximum Gasteiger partial charge on any atom is 0.134 e. The molecule has 0 amide bonds. The Kier molecular flexibility index (Phi) is 12.4. The van der Waals surface area contributed by atoms with E-state index < -0.39 is 0 Å². The van der Waals surface area contributed by atoms with Crippen molar-refractivity contribution in [1.82, 2.24) is 5.32 Å². The van der Waals surface area contributed by atoms with Gasteiger partial charge in [0.15, 0.2) is 0 Å². The van der Waals surface area contributed by atoms with Gasteiger partial charge < -0.3 is 5.32 Å². The first-order chi connectivity index (χ1) is 7.81. The molecule has 16 heavy (non-hydrogen) atoms. The highest BCUT2D eigenvalue weighted by Crippen LogP contribution is 2.08. The van der Waals surface area contributed by atoms with Crippen LogP contribution in [0.2, 0.25) is 0 Å². The van der Waals surface area contributed by atoms with Gasteiger partial charge in [-0.1, -0.05) is 52.4 Å². The van der Waals surface area contributed by atoms with Crippen molar-refractivity contribution in [1.29, 1.82) is 0 Å². The summed E-state index contributed by atoms with van der Waals surface area (Å²) in [7, 11) is 0. The maximum absolute atomic E-state index is 11.4. The van der Waals surface area contributed by atoms with Crippen molar-refractivity contribution in [3.8, 4) is 0 Å². The van der Waals surface area contributed by atoms with E-state index in [1.165, 1.54) is 38.5 Å². The molecule has 0 bridgehead atoms. The first kappa shape index (κ1) is 15.6. The number of carbonyl (C=O) groups excluding carboxylic acids is 1. The van der Waals surface area contributed by atoms with Gasteiger partial charge in [-0.3, -0.25) is 4.79 Å². The zero-order chi connectivity index (χ0) is 12.1. The number of carbonyl (C=O) groups is 1. The van der Waals surface area contributed by atoms with Gasteiger partial charge in [0, 0.05) is 19.4 Å². The first-order valence-electron chi connectivity index (χ1n) is 7.03. The molecule has 0 unspecified atom stereocenters. The molecule has 2 nitrogen and oxygen atoms in total. The van der Waals surface area contributed by atoms with Crippen LogP contribution in [0.3, 0.4) is 0 Å². The third kappa shape index (κ3) is 11.7. The van der Waals surface area contributed by atoms with Crippen LogP contribution in [0.25, 0.3) is 0 Å². The molecule has 2 heteroatoms. The molecule has 0 rings (SSSR count). The van der Waals surface area contributed by atoms with Crippen LogP contribution < -0.4 is 5.32 Å². The smallest absolute Gasteiger partial charge is 0.134 e. The van der Waals surface area contributed by atoms with Crippen molar-refractivity contribution in [2.45, 2.75) is 71.6 Å². The monoisotopic (exact) mass is 227 g/mol. The van der Waals surface area contributed by atoms with Gasteiger partial charge in [0.2, 0.25) is 0 Å². The quantitative estimate of drug-likeness (QED) is 0.515. The topological polar surface area (TPSA) is 29.1 Å². The highest BCUT2D eigenvalue weighted by Gasteiger charge is 2.00. The van der Waals surface area contributed by atoms with Gasteiger partial charge in [-0.2, -0.15) is 0 Å². The number of unbranched alkanes of at least 4 members (excludes halogenated alkanes) is 6. The summed E-state index contributed by atoms with van der Waals surface area (Å²) in [6.45, 7) is 6.13. The molecule has 0 atom stereocenters. The van der Waals surface area contributed by atoms with Gasteiger partial charge in [-0.25, -0.2) is 0 Å². The normalized spacial score (nSPS) is 10.6. The van der Waals surface area contributed by atoms with E-state index in [9.17, 15) is 4.79 Å². The van der Waals surface area contributed by atoms with Crippen molar-refractivity contribution >= 4 is 5.78 Å². The van der Waals surface area contributed by atoms with E-state index in [0.717, 1.165) is 25.9 Å². The summed E-state index contributed by atoms with van der Waals surface area (Å²) in [5.41, 5.74) is 0. The van der Waals surface area contributed by atoms with Crippen molar-refractivity contribution in [2.24, 2.45) is 0 Å². The number of hydrogen-bond donors (Lipinski definition) is 1. The Morgan fingerprint density at radius 1 is 0.875 bits per heavy atom. The van der Waals surface area contributed by atoms with E-state index in [0.29, 0.717) is 12.2 Å². The first-order valence-corrected chi connectivity index (χ1v) is 7.03. The molecule has 1 N–H and O–H groups in total. The van der Waals surface area contributed by atoms with E-state index in [4.69, 9.17) is 0 Å². The van der Waals surface area contributed by atoms with Crippen molar-refractivity contribution in [3.05, 3.63) is 0 Å². The van der Waals surface area contributed by atoms with E-state index >= 15 is 0 Å². The Bertz CT molecular complexity index is 157. The second kappa shape index (κ2) is 12.7. The lowest BCUT2D eigenvalue weighted by Crippen LogP contribution is -2.17. The Labute approximate surface area is 101 Å². The number of nitrogens with one attached hydrogen (secondary N) is 1. The van der Waals surface area contributed by atoms with Crippen molar-refractivity contribution in [2.75, 3.05) is 13.1 Å². The second-order valence-corrected chi connectivity index (χ2v) is 4.51. The number of hydrogen-bond acceptors (Lipinski definition) is 2. The molecule has 0 aromatic heterocycles. The molecule has 0 aliphatic heterocycles. The summed E-state index contributed by atoms with van der Waals surface area (Å²) in [5.74, 6) is 0.425. The summed E-state index contributed by atoms with van der Waals surface area (Å²) < 4.78 is 0. The highest BCUT2D eigenvalue weighted by molar-refractivity contribution is 5.78. The Morgan fingerprint density at radius 3 is 2.12 bits per heavy atom. The standard InChI is InChI=1S/C14H29NO/c1-3-5-6-7-8-9-10-11-14(16)12-13-15-4-2/h15H,3-13H2,1-2H3. The van der Waals surface area contributed by atoms with E-state index in [-0.39, 0.29) is 0 Å². The van der Waals surface area contributed by atoms with Gasteiger partial charge in [-0.15, -0.1) is 0 Å². The lowest BCUT2D eigenvalue weighted by atomic mass is 10.1. The molecule has 0 radical (unpaired) electrons. The van der Waals surface area contributed by atoms with Crippen LogP contribution in [0.1, 0.15) is 71.6 Å². The average Bonchev–Trinajstić information content (AvgIpc) is 2.28.